The molecule has 2 unspecified atom stereocenters. The van der Waals surface area contributed by atoms with Crippen LogP contribution in [-0.4, -0.2) is 47.2 Å². The molecule has 3 N–H and O–H groups in total. The van der Waals surface area contributed by atoms with Crippen LogP contribution in [0.2, 0.25) is 0 Å². The molecule has 0 radical (unpaired) electrons. The van der Waals surface area contributed by atoms with Gasteiger partial charge in [-0.25, -0.2) is 0 Å². The standard InChI is InChI=1S/C8H14N4O3/c1-5-4-14-6(3-13)2-12(5)8-11-10-7(9)15-8/h5-6,13H,2-4H2,1H3,(H2,9,10). The fourth-order valence-electron chi connectivity index (χ4n) is 1.54. The van der Waals surface area contributed by atoms with Gasteiger partial charge < -0.3 is 24.9 Å². The fraction of sp³-hybridized carbons (Fsp3) is 0.750. The number of rotatable bonds is 2. The Morgan fingerprint density at radius 1 is 1.60 bits per heavy atom. The van der Waals surface area contributed by atoms with E-state index >= 15 is 0 Å². The Bertz CT molecular complexity index is 329. The average molecular weight is 214 g/mol. The predicted molar refractivity (Wildman–Crippen MR) is 52.3 cm³/mol. The highest BCUT2D eigenvalue weighted by Gasteiger charge is 2.28. The summed E-state index contributed by atoms with van der Waals surface area (Å²) in [6, 6.07) is 0.554. The van der Waals surface area contributed by atoms with Gasteiger partial charge in [-0.15, -0.1) is 0 Å². The number of nitrogen functional groups attached to an aromatic ring is 1. The number of anilines is 2. The Labute approximate surface area is 86.8 Å². The van der Waals surface area contributed by atoms with E-state index in [4.69, 9.17) is 20.0 Å². The van der Waals surface area contributed by atoms with Gasteiger partial charge in [-0.2, -0.15) is 0 Å². The third-order valence-corrected chi connectivity index (χ3v) is 2.38. The molecule has 0 bridgehead atoms. The largest absolute Gasteiger partial charge is 0.394 e. The molecule has 1 fully saturated rings. The Morgan fingerprint density at radius 2 is 2.40 bits per heavy atom. The molecule has 0 aromatic carbocycles. The summed E-state index contributed by atoms with van der Waals surface area (Å²) in [5.41, 5.74) is 5.35. The van der Waals surface area contributed by atoms with Gasteiger partial charge in [0, 0.05) is 0 Å². The highest BCUT2D eigenvalue weighted by molar-refractivity contribution is 5.30. The SMILES string of the molecule is CC1COC(CO)CN1c1nnc(N)o1. The lowest BCUT2D eigenvalue weighted by Gasteiger charge is -2.35. The summed E-state index contributed by atoms with van der Waals surface area (Å²) in [5, 5.41) is 16.4. The highest BCUT2D eigenvalue weighted by atomic mass is 16.5. The summed E-state index contributed by atoms with van der Waals surface area (Å²) >= 11 is 0. The van der Waals surface area contributed by atoms with E-state index in [-0.39, 0.29) is 24.8 Å². The van der Waals surface area contributed by atoms with Crippen molar-refractivity contribution in [1.29, 1.82) is 0 Å². The molecule has 1 saturated heterocycles. The summed E-state index contributed by atoms with van der Waals surface area (Å²) in [5.74, 6) is 0. The van der Waals surface area contributed by atoms with E-state index < -0.39 is 0 Å². The normalized spacial score (nSPS) is 26.9. The molecule has 7 heteroatoms. The molecule has 84 valence electrons. The number of ether oxygens (including phenoxy) is 1. The van der Waals surface area contributed by atoms with Crippen molar-refractivity contribution in [2.75, 3.05) is 30.4 Å². The number of aromatic nitrogens is 2. The van der Waals surface area contributed by atoms with Crippen molar-refractivity contribution in [3.8, 4) is 0 Å². The van der Waals surface area contributed by atoms with Crippen LogP contribution in [0.5, 0.6) is 0 Å². The van der Waals surface area contributed by atoms with Gasteiger partial charge in [-0.3, -0.25) is 0 Å². The number of hydrogen-bond acceptors (Lipinski definition) is 7. The van der Waals surface area contributed by atoms with Crippen LogP contribution in [0.25, 0.3) is 0 Å². The van der Waals surface area contributed by atoms with Crippen molar-refractivity contribution in [3.63, 3.8) is 0 Å². The van der Waals surface area contributed by atoms with Gasteiger partial charge in [-0.05, 0) is 6.92 Å². The minimum absolute atomic E-state index is 0.0210. The third-order valence-electron chi connectivity index (χ3n) is 2.38. The summed E-state index contributed by atoms with van der Waals surface area (Å²) in [4.78, 5) is 1.88. The number of nitrogens with two attached hydrogens (primary N) is 1. The highest BCUT2D eigenvalue weighted by Crippen LogP contribution is 2.20. The first-order chi connectivity index (χ1) is 7.20. The van der Waals surface area contributed by atoms with E-state index in [0.29, 0.717) is 19.2 Å². The number of aliphatic hydroxyl groups is 1. The van der Waals surface area contributed by atoms with Crippen LogP contribution >= 0.6 is 0 Å². The van der Waals surface area contributed by atoms with Crippen LogP contribution in [0.3, 0.4) is 0 Å². The Kier molecular flexibility index (Phi) is 2.74. The van der Waals surface area contributed by atoms with Crippen LogP contribution in [0.1, 0.15) is 6.92 Å². The molecular weight excluding hydrogens is 200 g/mol. The van der Waals surface area contributed by atoms with Crippen LogP contribution in [-0.2, 0) is 4.74 Å². The molecule has 7 nitrogen and oxygen atoms in total. The van der Waals surface area contributed by atoms with Crippen LogP contribution in [0, 0.1) is 0 Å². The van der Waals surface area contributed by atoms with Crippen molar-refractivity contribution in [2.24, 2.45) is 0 Å². The lowest BCUT2D eigenvalue weighted by Crippen LogP contribution is -2.49. The molecule has 0 spiro atoms. The Morgan fingerprint density at radius 3 is 3.00 bits per heavy atom. The number of nitrogens with zero attached hydrogens (tertiary/aromatic N) is 3. The van der Waals surface area contributed by atoms with E-state index in [1.807, 2.05) is 11.8 Å². The molecule has 0 amide bonds. The molecular formula is C8H14N4O3. The predicted octanol–water partition coefficient (Wildman–Crippen LogP) is -0.762. The molecule has 15 heavy (non-hydrogen) atoms. The van der Waals surface area contributed by atoms with Crippen molar-refractivity contribution in [3.05, 3.63) is 0 Å². The summed E-state index contributed by atoms with van der Waals surface area (Å²) in [6.07, 6.45) is -0.214. The zero-order valence-electron chi connectivity index (χ0n) is 8.46. The minimum atomic E-state index is -0.214. The third kappa shape index (κ3) is 2.02. The van der Waals surface area contributed by atoms with Gasteiger partial charge >= 0.3 is 12.0 Å². The summed E-state index contributed by atoms with van der Waals surface area (Å²) in [7, 11) is 0. The molecule has 0 aliphatic carbocycles. The lowest BCUT2D eigenvalue weighted by atomic mass is 10.2. The van der Waals surface area contributed by atoms with E-state index in [1.54, 1.807) is 0 Å². The quantitative estimate of drug-likeness (QED) is 0.667. The first-order valence-electron chi connectivity index (χ1n) is 4.78. The van der Waals surface area contributed by atoms with E-state index in [0.717, 1.165) is 0 Å². The second-order valence-corrected chi connectivity index (χ2v) is 3.56. The second kappa shape index (κ2) is 4.03. The van der Waals surface area contributed by atoms with Crippen molar-refractivity contribution < 1.29 is 14.3 Å². The maximum absolute atomic E-state index is 9.00. The summed E-state index contributed by atoms with van der Waals surface area (Å²) < 4.78 is 10.5. The van der Waals surface area contributed by atoms with Gasteiger partial charge in [-0.1, -0.05) is 10.2 Å². The van der Waals surface area contributed by atoms with Crippen LogP contribution in [0.15, 0.2) is 4.42 Å². The van der Waals surface area contributed by atoms with Gasteiger partial charge in [0.1, 0.15) is 0 Å². The maximum Gasteiger partial charge on any atom is 0.319 e. The number of hydrogen-bond donors (Lipinski definition) is 2. The first kappa shape index (κ1) is 10.2. The van der Waals surface area contributed by atoms with Gasteiger partial charge in [0.25, 0.3) is 0 Å². The molecule has 0 saturated carbocycles. The molecule has 2 heterocycles. The minimum Gasteiger partial charge on any atom is -0.394 e. The van der Waals surface area contributed by atoms with E-state index in [2.05, 4.69) is 10.2 Å². The van der Waals surface area contributed by atoms with Crippen LogP contribution in [0.4, 0.5) is 12.0 Å². The first-order valence-corrected chi connectivity index (χ1v) is 4.78. The average Bonchev–Trinajstić information content (AvgIpc) is 2.65. The topological polar surface area (TPSA) is 97.6 Å². The van der Waals surface area contributed by atoms with Crippen LogP contribution < -0.4 is 10.6 Å². The van der Waals surface area contributed by atoms with Crippen molar-refractivity contribution in [1.82, 2.24) is 10.2 Å². The Balaban J connectivity index is 2.12. The second-order valence-electron chi connectivity index (χ2n) is 3.56. The zero-order valence-corrected chi connectivity index (χ0v) is 8.46. The van der Waals surface area contributed by atoms with E-state index in [1.165, 1.54) is 0 Å². The van der Waals surface area contributed by atoms with Gasteiger partial charge in [0.15, 0.2) is 0 Å². The molecule has 2 rings (SSSR count). The molecule has 1 aromatic heterocycles. The fourth-order valence-corrected chi connectivity index (χ4v) is 1.54. The van der Waals surface area contributed by atoms with E-state index in [9.17, 15) is 0 Å². The molecule has 1 aromatic rings. The van der Waals surface area contributed by atoms with Gasteiger partial charge in [0.2, 0.25) is 0 Å². The smallest absolute Gasteiger partial charge is 0.319 e. The lowest BCUT2D eigenvalue weighted by molar-refractivity contribution is -0.0118. The number of aliphatic hydroxyl groups excluding tert-OH is 1. The maximum atomic E-state index is 9.00. The van der Waals surface area contributed by atoms with Gasteiger partial charge in [0.05, 0.1) is 31.9 Å². The molecule has 2 atom stereocenters. The van der Waals surface area contributed by atoms with Crippen molar-refractivity contribution >= 4 is 12.0 Å². The van der Waals surface area contributed by atoms with Crippen molar-refractivity contribution in [2.45, 2.75) is 19.1 Å². The molecule has 1 aliphatic rings. The zero-order chi connectivity index (χ0) is 10.8. The molecule has 1 aliphatic heterocycles. The number of morpholine rings is 1. The monoisotopic (exact) mass is 214 g/mol. The summed E-state index contributed by atoms with van der Waals surface area (Å²) in [6.45, 7) is 3.01. The Hall–Kier alpha value is -1.34.